The zero-order valence-electron chi connectivity index (χ0n) is 12.0. The molecule has 0 N–H and O–H groups in total. The van der Waals surface area contributed by atoms with Gasteiger partial charge in [-0.2, -0.15) is 0 Å². The van der Waals surface area contributed by atoms with Gasteiger partial charge >= 0.3 is 0 Å². The van der Waals surface area contributed by atoms with E-state index in [4.69, 9.17) is 0 Å². The van der Waals surface area contributed by atoms with Gasteiger partial charge < -0.3 is 4.57 Å². The highest BCUT2D eigenvalue weighted by molar-refractivity contribution is 7.12. The number of allylic oxidation sites excluding steroid dienone is 1. The van der Waals surface area contributed by atoms with Crippen LogP contribution in [-0.4, -0.2) is 15.3 Å². The van der Waals surface area contributed by atoms with E-state index in [1.807, 2.05) is 23.6 Å². The minimum Gasteiger partial charge on any atom is -0.317 e. The fourth-order valence-electron chi connectivity index (χ4n) is 2.18. The second-order valence-electron chi connectivity index (χ2n) is 4.75. The molecule has 0 amide bonds. The van der Waals surface area contributed by atoms with Gasteiger partial charge in [-0.1, -0.05) is 12.1 Å². The number of carbonyl (C=O) groups excluding carboxylic acids is 1. The molecule has 6 heteroatoms. The summed E-state index contributed by atoms with van der Waals surface area (Å²) in [5.41, 5.74) is 1.48. The molecule has 2 heterocycles. The number of hydrogen-bond acceptors (Lipinski definition) is 4. The van der Waals surface area contributed by atoms with E-state index < -0.39 is 4.92 Å². The number of carbonyl (C=O) groups is 1. The number of nitrogens with zero attached hydrogens (tertiary/aromatic N) is 2. The molecule has 0 aliphatic rings. The van der Waals surface area contributed by atoms with Crippen molar-refractivity contribution in [2.75, 3.05) is 0 Å². The molecule has 0 saturated heterocycles. The van der Waals surface area contributed by atoms with Crippen LogP contribution >= 0.6 is 11.3 Å². The second-order valence-corrected chi connectivity index (χ2v) is 5.70. The molecule has 1 aromatic carbocycles. The first-order valence-electron chi connectivity index (χ1n) is 6.83. The molecule has 3 rings (SSSR count). The van der Waals surface area contributed by atoms with Crippen LogP contribution in [0.1, 0.15) is 15.4 Å². The molecule has 0 spiro atoms. The maximum absolute atomic E-state index is 12.0. The third-order valence-corrected chi connectivity index (χ3v) is 4.15. The van der Waals surface area contributed by atoms with Crippen LogP contribution in [0.4, 0.5) is 5.69 Å². The fraction of sp³-hybridized carbons (Fsp3) is 0. The molecule has 0 aliphatic carbocycles. The predicted molar refractivity (Wildman–Crippen MR) is 90.1 cm³/mol. The Balaban J connectivity index is 1.89. The monoisotopic (exact) mass is 324 g/mol. The average Bonchev–Trinajstić information content (AvgIpc) is 3.24. The summed E-state index contributed by atoms with van der Waals surface area (Å²) in [5, 5.41) is 12.7. The van der Waals surface area contributed by atoms with Crippen LogP contribution in [0.5, 0.6) is 0 Å². The smallest absolute Gasteiger partial charge is 0.271 e. The number of hydrogen-bond donors (Lipinski definition) is 0. The Bertz CT molecular complexity index is 879. The van der Waals surface area contributed by atoms with Gasteiger partial charge in [-0.3, -0.25) is 14.9 Å². The molecular weight excluding hydrogens is 312 g/mol. The maximum Gasteiger partial charge on any atom is 0.271 e. The van der Waals surface area contributed by atoms with Crippen molar-refractivity contribution in [3.05, 3.63) is 86.9 Å². The summed E-state index contributed by atoms with van der Waals surface area (Å²) >= 11 is 1.39. The molecule has 3 aromatic rings. The molecule has 0 saturated carbocycles. The lowest BCUT2D eigenvalue weighted by Gasteiger charge is -2.06. The van der Waals surface area contributed by atoms with Gasteiger partial charge in [-0.25, -0.2) is 0 Å². The first-order valence-corrected chi connectivity index (χ1v) is 7.71. The highest BCUT2D eigenvalue weighted by Gasteiger charge is 2.08. The van der Waals surface area contributed by atoms with Crippen molar-refractivity contribution in [3.8, 4) is 5.69 Å². The van der Waals surface area contributed by atoms with Crippen molar-refractivity contribution in [2.45, 2.75) is 0 Å². The number of nitro benzene ring substituents is 1. The van der Waals surface area contributed by atoms with Crippen molar-refractivity contribution < 1.29 is 9.72 Å². The zero-order valence-corrected chi connectivity index (χ0v) is 12.8. The molecular formula is C17H12N2O3S. The Kier molecular flexibility index (Phi) is 4.16. The molecule has 0 radical (unpaired) electrons. The summed E-state index contributed by atoms with van der Waals surface area (Å²) < 4.78 is 1.80. The minimum absolute atomic E-state index is 0.0285. The number of ketones is 1. The van der Waals surface area contributed by atoms with Crippen LogP contribution in [-0.2, 0) is 0 Å². The Morgan fingerprint density at radius 1 is 1.17 bits per heavy atom. The predicted octanol–water partition coefficient (Wildman–Crippen LogP) is 4.34. The van der Waals surface area contributed by atoms with Crippen LogP contribution < -0.4 is 0 Å². The van der Waals surface area contributed by atoms with E-state index in [0.29, 0.717) is 10.6 Å². The average molecular weight is 324 g/mol. The molecule has 0 aliphatic heterocycles. The number of rotatable bonds is 5. The van der Waals surface area contributed by atoms with Crippen molar-refractivity contribution in [1.29, 1.82) is 0 Å². The molecule has 2 aromatic heterocycles. The molecule has 0 unspecified atom stereocenters. The van der Waals surface area contributed by atoms with Gasteiger partial charge in [0.2, 0.25) is 0 Å². The quantitative estimate of drug-likeness (QED) is 0.303. The summed E-state index contributed by atoms with van der Waals surface area (Å²) in [7, 11) is 0. The summed E-state index contributed by atoms with van der Waals surface area (Å²) in [6, 6.07) is 13.6. The summed E-state index contributed by atoms with van der Waals surface area (Å²) in [5.74, 6) is -0.0632. The van der Waals surface area contributed by atoms with Crippen LogP contribution in [0.2, 0.25) is 0 Å². The standard InChI is InChI=1S/C17H12N2O3S/c20-16(17-7-3-11-23-17)9-8-13-6-2-10-18(13)14-4-1-5-15(12-14)19(21)22/h1-12H/b9-8+. The van der Waals surface area contributed by atoms with Gasteiger partial charge in [0.05, 0.1) is 15.5 Å². The van der Waals surface area contributed by atoms with E-state index >= 15 is 0 Å². The minimum atomic E-state index is -0.428. The van der Waals surface area contributed by atoms with Gasteiger partial charge in [0.15, 0.2) is 5.78 Å². The lowest BCUT2D eigenvalue weighted by molar-refractivity contribution is -0.384. The zero-order chi connectivity index (χ0) is 16.2. The van der Waals surface area contributed by atoms with E-state index in [1.165, 1.54) is 29.5 Å². The van der Waals surface area contributed by atoms with Gasteiger partial charge in [-0.05, 0) is 41.8 Å². The Hall–Kier alpha value is -2.99. The number of nitro groups is 1. The topological polar surface area (TPSA) is 65.1 Å². The number of thiophene rings is 1. The first kappa shape index (κ1) is 14.9. The molecule has 0 atom stereocenters. The highest BCUT2D eigenvalue weighted by atomic mass is 32.1. The lowest BCUT2D eigenvalue weighted by atomic mass is 10.2. The van der Waals surface area contributed by atoms with Crippen molar-refractivity contribution in [2.24, 2.45) is 0 Å². The van der Waals surface area contributed by atoms with Crippen molar-refractivity contribution in [3.63, 3.8) is 0 Å². The molecule has 0 fully saturated rings. The summed E-state index contributed by atoms with van der Waals surface area (Å²) in [6.45, 7) is 0. The molecule has 0 bridgehead atoms. The fourth-order valence-corrected chi connectivity index (χ4v) is 2.83. The Morgan fingerprint density at radius 2 is 2.04 bits per heavy atom. The Labute approximate surface area is 136 Å². The van der Waals surface area contributed by atoms with Gasteiger partial charge in [0.25, 0.3) is 5.69 Å². The van der Waals surface area contributed by atoms with E-state index in [2.05, 4.69) is 0 Å². The van der Waals surface area contributed by atoms with Crippen molar-refractivity contribution >= 4 is 28.9 Å². The van der Waals surface area contributed by atoms with E-state index in [1.54, 1.807) is 35.0 Å². The summed E-state index contributed by atoms with van der Waals surface area (Å²) in [4.78, 5) is 23.2. The molecule has 114 valence electrons. The summed E-state index contributed by atoms with van der Waals surface area (Å²) in [6.07, 6.45) is 5.02. The number of aromatic nitrogens is 1. The van der Waals surface area contributed by atoms with Crippen LogP contribution in [0.25, 0.3) is 11.8 Å². The maximum atomic E-state index is 12.0. The van der Waals surface area contributed by atoms with Crippen LogP contribution in [0.3, 0.4) is 0 Å². The largest absolute Gasteiger partial charge is 0.317 e. The SMILES string of the molecule is O=C(/C=C/c1cccn1-c1cccc([N+](=O)[O-])c1)c1cccs1. The van der Waals surface area contributed by atoms with E-state index in [-0.39, 0.29) is 11.5 Å². The molecule has 5 nitrogen and oxygen atoms in total. The van der Waals surface area contributed by atoms with Gasteiger partial charge in [-0.15, -0.1) is 11.3 Å². The van der Waals surface area contributed by atoms with Crippen LogP contribution in [0.15, 0.2) is 66.2 Å². The third-order valence-electron chi connectivity index (χ3n) is 3.27. The van der Waals surface area contributed by atoms with E-state index in [0.717, 1.165) is 5.69 Å². The number of non-ortho nitro benzene ring substituents is 1. The second kappa shape index (κ2) is 6.41. The van der Waals surface area contributed by atoms with Gasteiger partial charge in [0, 0.05) is 24.0 Å². The normalized spacial score (nSPS) is 11.0. The van der Waals surface area contributed by atoms with Gasteiger partial charge in [0.1, 0.15) is 0 Å². The van der Waals surface area contributed by atoms with Crippen LogP contribution in [0, 0.1) is 10.1 Å². The molecule has 23 heavy (non-hydrogen) atoms. The van der Waals surface area contributed by atoms with Crippen molar-refractivity contribution in [1.82, 2.24) is 4.57 Å². The number of benzene rings is 1. The lowest BCUT2D eigenvalue weighted by Crippen LogP contribution is -1.97. The van der Waals surface area contributed by atoms with E-state index in [9.17, 15) is 14.9 Å². The third kappa shape index (κ3) is 3.27. The Morgan fingerprint density at radius 3 is 2.78 bits per heavy atom. The first-order chi connectivity index (χ1) is 11.1. The highest BCUT2D eigenvalue weighted by Crippen LogP contribution is 2.20.